The number of aryl methyl sites for hydroxylation is 1. The number of nitrogens with one attached hydrogen (secondary N) is 1. The Kier molecular flexibility index (Phi) is 3.90. The highest BCUT2D eigenvalue weighted by molar-refractivity contribution is 5.24. The van der Waals surface area contributed by atoms with Crippen LogP contribution in [0.2, 0.25) is 0 Å². The topological polar surface area (TPSA) is 29.9 Å². The van der Waals surface area contributed by atoms with Crippen LogP contribution in [0.5, 0.6) is 0 Å². The molecule has 0 amide bonds. The van der Waals surface area contributed by atoms with Gasteiger partial charge in [-0.05, 0) is 17.7 Å². The Bertz CT molecular complexity index is 529. The summed E-state index contributed by atoms with van der Waals surface area (Å²) in [6.45, 7) is 1.15. The number of aromatic nitrogens is 2. The van der Waals surface area contributed by atoms with E-state index in [-0.39, 0.29) is 0 Å². The molecule has 0 fully saturated rings. The molecule has 1 N–H and O–H groups in total. The lowest BCUT2D eigenvalue weighted by atomic mass is 10.1. The largest absolute Gasteiger partial charge is 0.416 e. The first-order valence-electron chi connectivity index (χ1n) is 5.79. The Morgan fingerprint density at radius 1 is 1.11 bits per heavy atom. The lowest BCUT2D eigenvalue weighted by Crippen LogP contribution is -2.12. The summed E-state index contributed by atoms with van der Waals surface area (Å²) in [5.74, 6) is 0. The number of nitrogens with zero attached hydrogens (tertiary/aromatic N) is 2. The summed E-state index contributed by atoms with van der Waals surface area (Å²) in [5.41, 5.74) is 1.23. The molecular formula is C13H14F3N3. The first kappa shape index (κ1) is 13.6. The summed E-state index contributed by atoms with van der Waals surface area (Å²) in [6, 6.07) is 5.17. The van der Waals surface area contributed by atoms with Crippen molar-refractivity contribution in [2.24, 2.45) is 7.05 Å². The maximum Gasteiger partial charge on any atom is 0.416 e. The van der Waals surface area contributed by atoms with E-state index >= 15 is 0 Å². The normalized spacial score (nSPS) is 11.8. The molecular weight excluding hydrogens is 255 g/mol. The van der Waals surface area contributed by atoms with Crippen LogP contribution >= 0.6 is 0 Å². The maximum atomic E-state index is 12.4. The van der Waals surface area contributed by atoms with Crippen LogP contribution in [0.25, 0.3) is 0 Å². The number of rotatable bonds is 4. The monoisotopic (exact) mass is 269 g/mol. The number of hydrogen-bond acceptors (Lipinski definition) is 2. The molecule has 102 valence electrons. The summed E-state index contributed by atoms with van der Waals surface area (Å²) in [6.07, 6.45) is -0.638. The highest BCUT2D eigenvalue weighted by atomic mass is 19.4. The third kappa shape index (κ3) is 3.82. The predicted octanol–water partition coefficient (Wildman–Crippen LogP) is 2.73. The van der Waals surface area contributed by atoms with Crippen LogP contribution in [-0.4, -0.2) is 9.78 Å². The highest BCUT2D eigenvalue weighted by Gasteiger charge is 2.29. The molecule has 1 aromatic heterocycles. The SMILES string of the molecule is Cn1cc(CNCc2ccc(C(F)(F)F)cc2)cn1. The van der Waals surface area contributed by atoms with Crippen molar-refractivity contribution in [2.45, 2.75) is 19.3 Å². The molecule has 0 bridgehead atoms. The molecule has 2 rings (SSSR count). The average Bonchev–Trinajstić information content (AvgIpc) is 2.75. The summed E-state index contributed by atoms with van der Waals surface area (Å²) < 4.78 is 38.8. The van der Waals surface area contributed by atoms with Crippen LogP contribution in [0.15, 0.2) is 36.7 Å². The van der Waals surface area contributed by atoms with Gasteiger partial charge in [-0.15, -0.1) is 0 Å². The summed E-state index contributed by atoms with van der Waals surface area (Å²) >= 11 is 0. The lowest BCUT2D eigenvalue weighted by molar-refractivity contribution is -0.137. The molecule has 1 aromatic carbocycles. The minimum absolute atomic E-state index is 0.521. The van der Waals surface area contributed by atoms with E-state index in [4.69, 9.17) is 0 Å². The number of halogens is 3. The number of alkyl halides is 3. The van der Waals surface area contributed by atoms with Crippen molar-refractivity contribution in [3.63, 3.8) is 0 Å². The minimum atomic E-state index is -4.28. The van der Waals surface area contributed by atoms with E-state index in [1.807, 2.05) is 13.2 Å². The van der Waals surface area contributed by atoms with Crippen LogP contribution in [0.4, 0.5) is 13.2 Å². The molecule has 0 saturated heterocycles. The molecule has 6 heteroatoms. The zero-order chi connectivity index (χ0) is 13.9. The highest BCUT2D eigenvalue weighted by Crippen LogP contribution is 2.28. The summed E-state index contributed by atoms with van der Waals surface area (Å²) in [7, 11) is 1.83. The third-order valence-electron chi connectivity index (χ3n) is 2.70. The quantitative estimate of drug-likeness (QED) is 0.925. The predicted molar refractivity (Wildman–Crippen MR) is 65.2 cm³/mol. The Hall–Kier alpha value is -1.82. The van der Waals surface area contributed by atoms with Gasteiger partial charge in [-0.25, -0.2) is 0 Å². The van der Waals surface area contributed by atoms with E-state index in [9.17, 15) is 13.2 Å². The average molecular weight is 269 g/mol. The van der Waals surface area contributed by atoms with Gasteiger partial charge in [0.15, 0.2) is 0 Å². The van der Waals surface area contributed by atoms with E-state index < -0.39 is 11.7 Å². The van der Waals surface area contributed by atoms with Crippen molar-refractivity contribution in [3.05, 3.63) is 53.3 Å². The van der Waals surface area contributed by atoms with E-state index in [0.717, 1.165) is 23.3 Å². The van der Waals surface area contributed by atoms with Crippen LogP contribution in [0.1, 0.15) is 16.7 Å². The molecule has 0 aliphatic carbocycles. The second-order valence-corrected chi connectivity index (χ2v) is 4.32. The standard InChI is InChI=1S/C13H14F3N3/c1-19-9-11(8-18-19)7-17-6-10-2-4-12(5-3-10)13(14,15)16/h2-5,8-9,17H,6-7H2,1H3. The van der Waals surface area contributed by atoms with Crippen LogP contribution < -0.4 is 5.32 Å². The van der Waals surface area contributed by atoms with E-state index in [0.29, 0.717) is 13.1 Å². The molecule has 0 saturated carbocycles. The van der Waals surface area contributed by atoms with Gasteiger partial charge in [0.05, 0.1) is 11.8 Å². The van der Waals surface area contributed by atoms with Crippen LogP contribution in [-0.2, 0) is 26.3 Å². The number of benzene rings is 1. The van der Waals surface area contributed by atoms with Gasteiger partial charge in [-0.1, -0.05) is 12.1 Å². The van der Waals surface area contributed by atoms with Gasteiger partial charge in [0.2, 0.25) is 0 Å². The zero-order valence-corrected chi connectivity index (χ0v) is 10.4. The van der Waals surface area contributed by atoms with E-state index in [1.54, 1.807) is 10.9 Å². The third-order valence-corrected chi connectivity index (χ3v) is 2.70. The number of hydrogen-bond donors (Lipinski definition) is 1. The minimum Gasteiger partial charge on any atom is -0.309 e. The van der Waals surface area contributed by atoms with Crippen molar-refractivity contribution >= 4 is 0 Å². The second kappa shape index (κ2) is 5.44. The molecule has 19 heavy (non-hydrogen) atoms. The van der Waals surface area contributed by atoms with Gasteiger partial charge in [0.1, 0.15) is 0 Å². The van der Waals surface area contributed by atoms with Crippen molar-refractivity contribution in [1.29, 1.82) is 0 Å². The fourth-order valence-corrected chi connectivity index (χ4v) is 1.73. The second-order valence-electron chi connectivity index (χ2n) is 4.32. The van der Waals surface area contributed by atoms with Crippen molar-refractivity contribution in [1.82, 2.24) is 15.1 Å². The molecule has 0 aliphatic rings. The van der Waals surface area contributed by atoms with Crippen LogP contribution in [0.3, 0.4) is 0 Å². The van der Waals surface area contributed by atoms with Gasteiger partial charge in [0.25, 0.3) is 0 Å². The van der Waals surface area contributed by atoms with Crippen LogP contribution in [0, 0.1) is 0 Å². The Morgan fingerprint density at radius 2 is 1.74 bits per heavy atom. The van der Waals surface area contributed by atoms with Gasteiger partial charge >= 0.3 is 6.18 Å². The lowest BCUT2D eigenvalue weighted by Gasteiger charge is -2.08. The van der Waals surface area contributed by atoms with Gasteiger partial charge < -0.3 is 5.32 Å². The smallest absolute Gasteiger partial charge is 0.309 e. The fourth-order valence-electron chi connectivity index (χ4n) is 1.73. The zero-order valence-electron chi connectivity index (χ0n) is 10.4. The molecule has 2 aromatic rings. The van der Waals surface area contributed by atoms with Crippen molar-refractivity contribution in [3.8, 4) is 0 Å². The molecule has 0 aliphatic heterocycles. The van der Waals surface area contributed by atoms with Gasteiger partial charge in [-0.3, -0.25) is 4.68 Å². The molecule has 0 radical (unpaired) electrons. The molecule has 3 nitrogen and oxygen atoms in total. The fraction of sp³-hybridized carbons (Fsp3) is 0.308. The molecule has 0 atom stereocenters. The molecule has 0 unspecified atom stereocenters. The Balaban J connectivity index is 1.86. The summed E-state index contributed by atoms with van der Waals surface area (Å²) in [5, 5.41) is 7.19. The first-order chi connectivity index (χ1) is 8.95. The maximum absolute atomic E-state index is 12.4. The van der Waals surface area contributed by atoms with Crippen molar-refractivity contribution in [2.75, 3.05) is 0 Å². The van der Waals surface area contributed by atoms with Gasteiger partial charge in [0, 0.05) is 31.9 Å². The van der Waals surface area contributed by atoms with Gasteiger partial charge in [-0.2, -0.15) is 18.3 Å². The van der Waals surface area contributed by atoms with E-state index in [2.05, 4.69) is 10.4 Å². The van der Waals surface area contributed by atoms with E-state index in [1.165, 1.54) is 12.1 Å². The molecule has 1 heterocycles. The first-order valence-corrected chi connectivity index (χ1v) is 5.79. The Labute approximate surface area is 109 Å². The summed E-state index contributed by atoms with van der Waals surface area (Å²) in [4.78, 5) is 0. The Morgan fingerprint density at radius 3 is 2.26 bits per heavy atom. The van der Waals surface area contributed by atoms with Crippen molar-refractivity contribution < 1.29 is 13.2 Å². The molecule has 0 spiro atoms.